The molecule has 0 spiro atoms. The molecule has 122 valence electrons. The van der Waals surface area contributed by atoms with Gasteiger partial charge < -0.3 is 10.1 Å². The number of nitrogens with zero attached hydrogens (tertiary/aromatic N) is 1. The first-order valence-electron chi connectivity index (χ1n) is 7.16. The highest BCUT2D eigenvalue weighted by atomic mass is 32.2. The number of hydrogen-bond acceptors (Lipinski definition) is 6. The second kappa shape index (κ2) is 8.69. The summed E-state index contributed by atoms with van der Waals surface area (Å²) < 4.78 is 5.65. The maximum atomic E-state index is 11.9. The molecule has 1 heterocycles. The molecule has 7 heteroatoms. The van der Waals surface area contributed by atoms with Crippen molar-refractivity contribution in [2.24, 2.45) is 0 Å². The average molecular weight is 350 g/mol. The number of aryl methyl sites for hydroxylation is 1. The number of carbonyl (C=O) groups is 2. The Morgan fingerprint density at radius 3 is 2.96 bits per heavy atom. The van der Waals surface area contributed by atoms with Gasteiger partial charge in [0, 0.05) is 11.1 Å². The van der Waals surface area contributed by atoms with Crippen LogP contribution in [-0.2, 0) is 20.7 Å². The zero-order chi connectivity index (χ0) is 16.7. The van der Waals surface area contributed by atoms with E-state index >= 15 is 0 Å². The highest BCUT2D eigenvalue weighted by Gasteiger charge is 2.10. The highest BCUT2D eigenvalue weighted by molar-refractivity contribution is 8.01. The van der Waals surface area contributed by atoms with Gasteiger partial charge >= 0.3 is 5.97 Å². The molecule has 5 nitrogen and oxygen atoms in total. The number of ether oxygens (including phenoxy) is 1. The smallest absolute Gasteiger partial charge is 0.311 e. The van der Waals surface area contributed by atoms with E-state index in [0.29, 0.717) is 12.3 Å². The fourth-order valence-corrected chi connectivity index (χ4v) is 3.49. The number of esters is 1. The van der Waals surface area contributed by atoms with Gasteiger partial charge in [-0.2, -0.15) is 0 Å². The van der Waals surface area contributed by atoms with Crippen LogP contribution in [0.15, 0.2) is 34.0 Å². The Hall–Kier alpha value is -1.86. The number of hydrogen-bond donors (Lipinski definition) is 1. The molecule has 0 aliphatic rings. The van der Waals surface area contributed by atoms with Crippen LogP contribution >= 0.6 is 23.1 Å². The van der Waals surface area contributed by atoms with E-state index in [9.17, 15) is 9.59 Å². The van der Waals surface area contributed by atoms with Gasteiger partial charge in [-0.25, -0.2) is 4.98 Å². The van der Waals surface area contributed by atoms with Gasteiger partial charge in [0.1, 0.15) is 0 Å². The van der Waals surface area contributed by atoms with Crippen LogP contribution in [-0.4, -0.2) is 29.2 Å². The summed E-state index contributed by atoms with van der Waals surface area (Å²) in [7, 11) is 0. The third-order valence-corrected chi connectivity index (χ3v) is 4.86. The molecule has 2 aromatic rings. The Morgan fingerprint density at radius 2 is 2.22 bits per heavy atom. The quantitative estimate of drug-likeness (QED) is 0.613. The third kappa shape index (κ3) is 6.03. The van der Waals surface area contributed by atoms with Crippen LogP contribution in [0.1, 0.15) is 18.2 Å². The molecule has 0 saturated heterocycles. The minimum atomic E-state index is -0.286. The third-order valence-electron chi connectivity index (χ3n) is 2.79. The molecule has 1 N–H and O–H groups in total. The Bertz CT molecular complexity index is 685. The fourth-order valence-electron chi connectivity index (χ4n) is 1.84. The molecule has 0 aliphatic carbocycles. The average Bonchev–Trinajstić information content (AvgIpc) is 2.93. The molecule has 0 fully saturated rings. The van der Waals surface area contributed by atoms with Gasteiger partial charge in [-0.3, -0.25) is 9.59 Å². The molecule has 0 saturated carbocycles. The van der Waals surface area contributed by atoms with Crippen molar-refractivity contribution >= 4 is 40.7 Å². The van der Waals surface area contributed by atoms with E-state index in [2.05, 4.69) is 10.3 Å². The van der Waals surface area contributed by atoms with Crippen molar-refractivity contribution in [3.05, 3.63) is 40.9 Å². The van der Waals surface area contributed by atoms with Crippen LogP contribution in [0, 0.1) is 6.92 Å². The molecule has 0 bridgehead atoms. The first-order valence-corrected chi connectivity index (χ1v) is 9.02. The van der Waals surface area contributed by atoms with Gasteiger partial charge in [0.2, 0.25) is 5.91 Å². The predicted octanol–water partition coefficient (Wildman–Crippen LogP) is 3.29. The van der Waals surface area contributed by atoms with Gasteiger partial charge in [-0.1, -0.05) is 23.9 Å². The lowest BCUT2D eigenvalue weighted by Gasteiger charge is -2.04. The normalized spacial score (nSPS) is 10.3. The van der Waals surface area contributed by atoms with E-state index in [-0.39, 0.29) is 24.1 Å². The largest absolute Gasteiger partial charge is 0.466 e. The van der Waals surface area contributed by atoms with Crippen molar-refractivity contribution < 1.29 is 14.3 Å². The summed E-state index contributed by atoms with van der Waals surface area (Å²) in [4.78, 5) is 27.7. The van der Waals surface area contributed by atoms with Crippen molar-refractivity contribution in [2.75, 3.05) is 17.7 Å². The first kappa shape index (κ1) is 17.5. The van der Waals surface area contributed by atoms with Crippen LogP contribution in [0.3, 0.4) is 0 Å². The number of nitrogens with one attached hydrogen (secondary N) is 1. The van der Waals surface area contributed by atoms with Crippen LogP contribution in [0.4, 0.5) is 5.69 Å². The van der Waals surface area contributed by atoms with Crippen molar-refractivity contribution in [1.82, 2.24) is 4.98 Å². The van der Waals surface area contributed by atoms with Crippen LogP contribution in [0.2, 0.25) is 0 Å². The lowest BCUT2D eigenvalue weighted by molar-refractivity contribution is -0.142. The fraction of sp³-hybridized carbons (Fsp3) is 0.312. The van der Waals surface area contributed by atoms with Gasteiger partial charge in [0.15, 0.2) is 4.34 Å². The van der Waals surface area contributed by atoms with Crippen molar-refractivity contribution in [1.29, 1.82) is 0 Å². The first-order chi connectivity index (χ1) is 11.1. The second-order valence-electron chi connectivity index (χ2n) is 4.79. The maximum absolute atomic E-state index is 11.9. The second-order valence-corrected chi connectivity index (χ2v) is 6.87. The zero-order valence-corrected chi connectivity index (χ0v) is 14.6. The number of benzene rings is 1. The summed E-state index contributed by atoms with van der Waals surface area (Å²) in [5.41, 5.74) is 2.56. The van der Waals surface area contributed by atoms with Crippen molar-refractivity contribution in [3.8, 4) is 0 Å². The molecule has 0 atom stereocenters. The molecule has 0 radical (unpaired) electrons. The number of amides is 1. The lowest BCUT2D eigenvalue weighted by atomic mass is 10.2. The molecule has 1 amide bonds. The van der Waals surface area contributed by atoms with Gasteiger partial charge in [0.25, 0.3) is 0 Å². The summed E-state index contributed by atoms with van der Waals surface area (Å²) in [5, 5.41) is 4.67. The number of thiazole rings is 1. The molecular formula is C16H18N2O3S2. The molecule has 1 aromatic carbocycles. The zero-order valence-electron chi connectivity index (χ0n) is 13.0. The standard InChI is InChI=1S/C16H18N2O3S2/c1-3-21-15(20)8-13-9-22-16(18-13)23-10-14(19)17-12-6-4-5-11(2)7-12/h4-7,9H,3,8,10H2,1-2H3,(H,17,19). The topological polar surface area (TPSA) is 68.3 Å². The van der Waals surface area contributed by atoms with E-state index in [4.69, 9.17) is 4.74 Å². The molecule has 1 aromatic heterocycles. The van der Waals surface area contributed by atoms with Gasteiger partial charge in [0.05, 0.1) is 24.5 Å². The summed E-state index contributed by atoms with van der Waals surface area (Å²) in [6.07, 6.45) is 0.167. The summed E-state index contributed by atoms with van der Waals surface area (Å²) in [5.74, 6) is -0.0883. The summed E-state index contributed by atoms with van der Waals surface area (Å²) in [6, 6.07) is 7.66. The van der Waals surface area contributed by atoms with E-state index in [1.807, 2.05) is 36.6 Å². The number of thioether (sulfide) groups is 1. The highest BCUT2D eigenvalue weighted by Crippen LogP contribution is 2.23. The van der Waals surface area contributed by atoms with Crippen molar-refractivity contribution in [2.45, 2.75) is 24.6 Å². The Balaban J connectivity index is 1.80. The van der Waals surface area contributed by atoms with E-state index in [1.165, 1.54) is 23.1 Å². The number of rotatable bonds is 7. The Labute approximate surface area is 143 Å². The monoisotopic (exact) mass is 350 g/mol. The van der Waals surface area contributed by atoms with Crippen LogP contribution in [0.25, 0.3) is 0 Å². The summed E-state index contributed by atoms with van der Waals surface area (Å²) in [6.45, 7) is 4.11. The molecule has 2 rings (SSSR count). The van der Waals surface area contributed by atoms with Gasteiger partial charge in [-0.15, -0.1) is 11.3 Å². The predicted molar refractivity (Wildman–Crippen MR) is 93.0 cm³/mol. The van der Waals surface area contributed by atoms with Gasteiger partial charge in [-0.05, 0) is 31.5 Å². The van der Waals surface area contributed by atoms with Crippen LogP contribution < -0.4 is 5.32 Å². The molecule has 23 heavy (non-hydrogen) atoms. The van der Waals surface area contributed by atoms with Crippen molar-refractivity contribution in [3.63, 3.8) is 0 Å². The van der Waals surface area contributed by atoms with E-state index in [1.54, 1.807) is 6.92 Å². The minimum Gasteiger partial charge on any atom is -0.466 e. The van der Waals surface area contributed by atoms with E-state index < -0.39 is 0 Å². The number of aromatic nitrogens is 1. The Morgan fingerprint density at radius 1 is 1.39 bits per heavy atom. The minimum absolute atomic E-state index is 0.0808. The number of anilines is 1. The lowest BCUT2D eigenvalue weighted by Crippen LogP contribution is -2.14. The molecular weight excluding hydrogens is 332 g/mol. The van der Waals surface area contributed by atoms with E-state index in [0.717, 1.165) is 15.6 Å². The number of carbonyl (C=O) groups excluding carboxylic acids is 2. The SMILES string of the molecule is CCOC(=O)Cc1csc(SCC(=O)Nc2cccc(C)c2)n1. The maximum Gasteiger partial charge on any atom is 0.311 e. The Kier molecular flexibility index (Phi) is 6.61. The van der Waals surface area contributed by atoms with Crippen LogP contribution in [0.5, 0.6) is 0 Å². The summed E-state index contributed by atoms with van der Waals surface area (Å²) >= 11 is 2.78. The molecule has 0 unspecified atom stereocenters. The molecule has 0 aliphatic heterocycles.